The third-order valence-electron chi connectivity index (χ3n) is 4.25. The Balaban J connectivity index is 1.68. The molecule has 0 saturated heterocycles. The highest BCUT2D eigenvalue weighted by Crippen LogP contribution is 2.24. The molecule has 26 heavy (non-hydrogen) atoms. The molecule has 1 heterocycles. The van der Waals surface area contributed by atoms with Crippen molar-refractivity contribution >= 4 is 33.5 Å². The summed E-state index contributed by atoms with van der Waals surface area (Å²) in [5.41, 5.74) is 5.98. The molecule has 0 aliphatic carbocycles. The van der Waals surface area contributed by atoms with E-state index in [1.165, 1.54) is 17.3 Å². The quantitative estimate of drug-likeness (QED) is 0.381. The highest BCUT2D eigenvalue weighted by molar-refractivity contribution is 9.10. The fourth-order valence-corrected chi connectivity index (χ4v) is 3.77. The van der Waals surface area contributed by atoms with Gasteiger partial charge in [0.2, 0.25) is 0 Å². The van der Waals surface area contributed by atoms with Crippen LogP contribution in [0.2, 0.25) is 0 Å². The molecule has 0 spiro atoms. The van der Waals surface area contributed by atoms with Gasteiger partial charge in [-0.05, 0) is 67.8 Å². The Hall–Kier alpha value is -1.98. The fraction of sp³-hybridized carbons (Fsp3) is 0.190. The first-order valence-electron chi connectivity index (χ1n) is 8.27. The van der Waals surface area contributed by atoms with Gasteiger partial charge in [-0.15, -0.1) is 10.2 Å². The zero-order chi connectivity index (χ0) is 18.7. The summed E-state index contributed by atoms with van der Waals surface area (Å²) in [7, 11) is 0. The van der Waals surface area contributed by atoms with Gasteiger partial charge in [0.1, 0.15) is 5.03 Å². The smallest absolute Gasteiger partial charge is 0.173 e. The molecule has 2 aromatic carbocycles. The van der Waals surface area contributed by atoms with Crippen LogP contribution in [0.15, 0.2) is 58.0 Å². The molecule has 0 fully saturated rings. The summed E-state index contributed by atoms with van der Waals surface area (Å²) in [5.74, 6) is 0.474. The SMILES string of the molecule is Cc1cc(C)c(C(=O)CSc2ccc(-c3cccc(Br)c3)nn2)cc1C. The number of aromatic nitrogens is 2. The molecule has 3 aromatic rings. The number of halogens is 1. The Labute approximate surface area is 166 Å². The number of rotatable bonds is 5. The molecule has 0 bridgehead atoms. The lowest BCUT2D eigenvalue weighted by Crippen LogP contribution is -2.06. The fourth-order valence-electron chi connectivity index (χ4n) is 2.68. The topological polar surface area (TPSA) is 42.9 Å². The molecule has 0 saturated carbocycles. The summed E-state index contributed by atoms with van der Waals surface area (Å²) in [4.78, 5) is 12.6. The van der Waals surface area contributed by atoms with Gasteiger partial charge < -0.3 is 0 Å². The Morgan fingerprint density at radius 1 is 0.962 bits per heavy atom. The molecule has 3 rings (SSSR count). The van der Waals surface area contributed by atoms with E-state index in [0.29, 0.717) is 5.75 Å². The maximum absolute atomic E-state index is 12.6. The summed E-state index contributed by atoms with van der Waals surface area (Å²) in [5, 5.41) is 9.28. The largest absolute Gasteiger partial charge is 0.293 e. The van der Waals surface area contributed by atoms with E-state index in [1.807, 2.05) is 56.3 Å². The van der Waals surface area contributed by atoms with Gasteiger partial charge in [0.15, 0.2) is 5.78 Å². The van der Waals surface area contributed by atoms with Gasteiger partial charge in [0.25, 0.3) is 0 Å². The van der Waals surface area contributed by atoms with Crippen molar-refractivity contribution in [2.45, 2.75) is 25.8 Å². The molecular weight excluding hydrogens is 408 g/mol. The standard InChI is InChI=1S/C21H19BrN2OS/c1-13-9-15(3)18(10-14(13)2)20(25)12-26-21-8-7-19(23-24-21)16-5-4-6-17(22)11-16/h4-11H,12H2,1-3H3. The van der Waals surface area contributed by atoms with Crippen LogP contribution in [-0.2, 0) is 0 Å². The average Bonchev–Trinajstić information content (AvgIpc) is 2.63. The minimum atomic E-state index is 0.119. The van der Waals surface area contributed by atoms with Crippen molar-refractivity contribution in [2.24, 2.45) is 0 Å². The predicted octanol–water partition coefficient (Wildman–Crippen LogP) is 5.81. The number of hydrogen-bond donors (Lipinski definition) is 0. The van der Waals surface area contributed by atoms with Crippen LogP contribution in [0.3, 0.4) is 0 Å². The molecule has 0 amide bonds. The Morgan fingerprint density at radius 3 is 2.42 bits per heavy atom. The second-order valence-electron chi connectivity index (χ2n) is 6.23. The number of ketones is 1. The van der Waals surface area contributed by atoms with E-state index >= 15 is 0 Å². The summed E-state index contributed by atoms with van der Waals surface area (Å²) < 4.78 is 1.00. The van der Waals surface area contributed by atoms with Crippen molar-refractivity contribution in [1.82, 2.24) is 10.2 Å². The zero-order valence-corrected chi connectivity index (χ0v) is 17.3. The summed E-state index contributed by atoms with van der Waals surface area (Å²) in [6.45, 7) is 6.08. The zero-order valence-electron chi connectivity index (χ0n) is 14.9. The van der Waals surface area contributed by atoms with Crippen LogP contribution in [0.25, 0.3) is 11.3 Å². The molecule has 0 N–H and O–H groups in total. The lowest BCUT2D eigenvalue weighted by molar-refractivity contribution is 0.102. The van der Waals surface area contributed by atoms with Crippen LogP contribution in [0.5, 0.6) is 0 Å². The Bertz CT molecular complexity index is 955. The molecule has 0 aliphatic rings. The third kappa shape index (κ3) is 4.40. The molecule has 0 atom stereocenters. The van der Waals surface area contributed by atoms with E-state index in [4.69, 9.17) is 0 Å². The minimum Gasteiger partial charge on any atom is -0.293 e. The highest BCUT2D eigenvalue weighted by Gasteiger charge is 2.12. The van der Waals surface area contributed by atoms with Gasteiger partial charge in [-0.2, -0.15) is 0 Å². The van der Waals surface area contributed by atoms with E-state index < -0.39 is 0 Å². The van der Waals surface area contributed by atoms with Crippen molar-refractivity contribution in [2.75, 3.05) is 5.75 Å². The summed E-state index contributed by atoms with van der Waals surface area (Å²) in [6, 6.07) is 15.8. The van der Waals surface area contributed by atoms with Crippen LogP contribution in [0, 0.1) is 20.8 Å². The average molecular weight is 427 g/mol. The van der Waals surface area contributed by atoms with E-state index in [1.54, 1.807) is 0 Å². The minimum absolute atomic E-state index is 0.119. The van der Waals surface area contributed by atoms with E-state index in [9.17, 15) is 4.79 Å². The van der Waals surface area contributed by atoms with Gasteiger partial charge in [0, 0.05) is 15.6 Å². The number of hydrogen-bond acceptors (Lipinski definition) is 4. The predicted molar refractivity (Wildman–Crippen MR) is 111 cm³/mol. The van der Waals surface area contributed by atoms with Crippen LogP contribution in [-0.4, -0.2) is 21.7 Å². The molecule has 5 heteroatoms. The van der Waals surface area contributed by atoms with Crippen molar-refractivity contribution in [1.29, 1.82) is 0 Å². The van der Waals surface area contributed by atoms with Gasteiger partial charge in [0.05, 0.1) is 11.4 Å². The number of aryl methyl sites for hydroxylation is 3. The molecule has 0 unspecified atom stereocenters. The number of carbonyl (C=O) groups is 1. The van der Waals surface area contributed by atoms with Crippen LogP contribution in [0.1, 0.15) is 27.0 Å². The molecule has 0 aliphatic heterocycles. The summed E-state index contributed by atoms with van der Waals surface area (Å²) in [6.07, 6.45) is 0. The van der Waals surface area contributed by atoms with Crippen molar-refractivity contribution < 1.29 is 4.79 Å². The summed E-state index contributed by atoms with van der Waals surface area (Å²) >= 11 is 4.88. The third-order valence-corrected chi connectivity index (χ3v) is 5.67. The first kappa shape index (κ1) is 18.8. The van der Waals surface area contributed by atoms with E-state index in [2.05, 4.69) is 39.1 Å². The van der Waals surface area contributed by atoms with E-state index in [0.717, 1.165) is 37.4 Å². The lowest BCUT2D eigenvalue weighted by Gasteiger charge is -2.09. The molecule has 0 radical (unpaired) electrons. The maximum Gasteiger partial charge on any atom is 0.173 e. The number of thioether (sulfide) groups is 1. The van der Waals surface area contributed by atoms with Crippen LogP contribution in [0.4, 0.5) is 0 Å². The van der Waals surface area contributed by atoms with Gasteiger partial charge in [-0.3, -0.25) is 4.79 Å². The maximum atomic E-state index is 12.6. The van der Waals surface area contributed by atoms with Gasteiger partial charge in [-0.1, -0.05) is 45.9 Å². The first-order valence-corrected chi connectivity index (χ1v) is 10.1. The molecule has 1 aromatic heterocycles. The molecule has 3 nitrogen and oxygen atoms in total. The second kappa shape index (κ2) is 8.14. The highest BCUT2D eigenvalue weighted by atomic mass is 79.9. The molecular formula is C21H19BrN2OS. The van der Waals surface area contributed by atoms with Gasteiger partial charge in [-0.25, -0.2) is 0 Å². The van der Waals surface area contributed by atoms with Crippen molar-refractivity contribution in [3.05, 3.63) is 75.3 Å². The normalized spacial score (nSPS) is 10.8. The van der Waals surface area contributed by atoms with Crippen molar-refractivity contribution in [3.8, 4) is 11.3 Å². The molecule has 132 valence electrons. The van der Waals surface area contributed by atoms with Crippen LogP contribution >= 0.6 is 27.7 Å². The van der Waals surface area contributed by atoms with Crippen molar-refractivity contribution in [3.63, 3.8) is 0 Å². The Kier molecular flexibility index (Phi) is 5.89. The first-order chi connectivity index (χ1) is 12.4. The number of Topliss-reactive ketones (excluding diaryl/α,β-unsaturated/α-hetero) is 1. The number of nitrogens with zero attached hydrogens (tertiary/aromatic N) is 2. The second-order valence-corrected chi connectivity index (χ2v) is 8.14. The Morgan fingerprint density at radius 2 is 1.73 bits per heavy atom. The van der Waals surface area contributed by atoms with Gasteiger partial charge >= 0.3 is 0 Å². The lowest BCUT2D eigenvalue weighted by atomic mass is 9.99. The number of carbonyl (C=O) groups excluding carboxylic acids is 1. The number of benzene rings is 2. The monoisotopic (exact) mass is 426 g/mol. The van der Waals surface area contributed by atoms with Crippen LogP contribution < -0.4 is 0 Å². The van der Waals surface area contributed by atoms with E-state index in [-0.39, 0.29) is 5.78 Å².